The van der Waals surface area contributed by atoms with Crippen molar-refractivity contribution in [1.29, 1.82) is 0 Å². The van der Waals surface area contributed by atoms with E-state index >= 15 is 0 Å². The van der Waals surface area contributed by atoms with Crippen LogP contribution in [0.15, 0.2) is 48.8 Å². The maximum Gasteiger partial charge on any atom is 0.254 e. The summed E-state index contributed by atoms with van der Waals surface area (Å²) in [5.41, 5.74) is 3.50. The van der Waals surface area contributed by atoms with E-state index in [-0.39, 0.29) is 11.8 Å². The second-order valence-corrected chi connectivity index (χ2v) is 9.18. The van der Waals surface area contributed by atoms with E-state index in [1.807, 2.05) is 63.8 Å². The van der Waals surface area contributed by atoms with Gasteiger partial charge in [0.1, 0.15) is 18.0 Å². The molecule has 2 aliphatic rings. The van der Waals surface area contributed by atoms with Crippen molar-refractivity contribution in [3.63, 3.8) is 0 Å². The molecule has 2 fully saturated rings. The van der Waals surface area contributed by atoms with Crippen LogP contribution in [0.5, 0.6) is 5.75 Å². The first-order valence-electron chi connectivity index (χ1n) is 12.0. The molecule has 0 radical (unpaired) electrons. The fourth-order valence-electron chi connectivity index (χ4n) is 4.65. The molecule has 0 N–H and O–H groups in total. The molecule has 0 aliphatic carbocycles. The number of amides is 2. The van der Waals surface area contributed by atoms with Crippen molar-refractivity contribution in [2.75, 3.05) is 45.8 Å². The first kappa shape index (κ1) is 22.4. The minimum Gasteiger partial charge on any atom is -0.487 e. The Morgan fingerprint density at radius 1 is 0.941 bits per heavy atom. The Kier molecular flexibility index (Phi) is 6.49. The van der Waals surface area contributed by atoms with E-state index in [4.69, 9.17) is 4.74 Å². The van der Waals surface area contributed by atoms with Gasteiger partial charge in [0.15, 0.2) is 0 Å². The average Bonchev–Trinajstić information content (AvgIpc) is 3.53. The minimum atomic E-state index is -0.000764. The van der Waals surface area contributed by atoms with Gasteiger partial charge in [-0.25, -0.2) is 4.98 Å². The Morgan fingerprint density at radius 3 is 2.53 bits per heavy atom. The number of rotatable bonds is 6. The maximum atomic E-state index is 13.1. The van der Waals surface area contributed by atoms with Crippen LogP contribution in [0.1, 0.15) is 34.5 Å². The number of likely N-dealkylation sites (tertiary alicyclic amines) is 1. The van der Waals surface area contributed by atoms with Crippen molar-refractivity contribution in [1.82, 2.24) is 24.1 Å². The largest absolute Gasteiger partial charge is 0.487 e. The van der Waals surface area contributed by atoms with Crippen LogP contribution in [0.25, 0.3) is 5.65 Å². The number of fused-ring (bicyclic) bond motifs is 1. The van der Waals surface area contributed by atoms with Gasteiger partial charge in [0.25, 0.3) is 5.91 Å². The van der Waals surface area contributed by atoms with Gasteiger partial charge in [-0.1, -0.05) is 12.1 Å². The van der Waals surface area contributed by atoms with Crippen molar-refractivity contribution < 1.29 is 14.3 Å². The van der Waals surface area contributed by atoms with Crippen molar-refractivity contribution in [2.45, 2.75) is 26.4 Å². The van der Waals surface area contributed by atoms with Crippen molar-refractivity contribution in [2.24, 2.45) is 0 Å². The molecule has 8 heteroatoms. The molecule has 0 unspecified atom stereocenters. The standard InChI is InChI=1S/C26H31N5O3/c1-20-7-8-24-27-22(17-31(24)16-20)19-34-23-6-4-5-21(15-23)26(33)30-13-11-28(12-14-30)18-25(32)29-9-2-3-10-29/h4-8,15-17H,2-3,9-14,18-19H2,1H3. The SMILES string of the molecule is Cc1ccc2nc(COc3cccc(C(=O)N4CCN(CC(=O)N5CCCC5)CC4)c3)cn2c1. The maximum absolute atomic E-state index is 13.1. The van der Waals surface area contributed by atoms with E-state index in [1.54, 1.807) is 6.07 Å². The number of carbonyl (C=O) groups is 2. The normalized spacial score (nSPS) is 16.9. The fraction of sp³-hybridized carbons (Fsp3) is 0.423. The number of hydrogen-bond donors (Lipinski definition) is 0. The van der Waals surface area contributed by atoms with Crippen LogP contribution in [0.3, 0.4) is 0 Å². The molecule has 0 atom stereocenters. The predicted molar refractivity (Wildman–Crippen MR) is 129 cm³/mol. The van der Waals surface area contributed by atoms with Gasteiger partial charge in [0.2, 0.25) is 5.91 Å². The molecule has 2 saturated heterocycles. The number of pyridine rings is 1. The number of benzene rings is 1. The second-order valence-electron chi connectivity index (χ2n) is 9.18. The van der Waals surface area contributed by atoms with Crippen LogP contribution in [0.4, 0.5) is 0 Å². The number of imidazole rings is 1. The highest BCUT2D eigenvalue weighted by Gasteiger charge is 2.26. The summed E-state index contributed by atoms with van der Waals surface area (Å²) in [6.45, 7) is 7.28. The van der Waals surface area contributed by atoms with E-state index in [2.05, 4.69) is 9.88 Å². The first-order valence-corrected chi connectivity index (χ1v) is 12.0. The number of carbonyl (C=O) groups excluding carboxylic acids is 2. The summed E-state index contributed by atoms with van der Waals surface area (Å²) < 4.78 is 7.93. The zero-order valence-electron chi connectivity index (χ0n) is 19.7. The van der Waals surface area contributed by atoms with Gasteiger partial charge in [0, 0.05) is 57.2 Å². The van der Waals surface area contributed by atoms with Crippen molar-refractivity contribution >= 4 is 17.5 Å². The van der Waals surface area contributed by atoms with Gasteiger partial charge in [-0.3, -0.25) is 14.5 Å². The molecule has 5 rings (SSSR count). The molecule has 4 heterocycles. The third-order valence-electron chi connectivity index (χ3n) is 6.59. The molecule has 2 aliphatic heterocycles. The monoisotopic (exact) mass is 461 g/mol. The smallest absolute Gasteiger partial charge is 0.254 e. The predicted octanol–water partition coefficient (Wildman–Crippen LogP) is 2.60. The van der Waals surface area contributed by atoms with Crippen LogP contribution in [0, 0.1) is 6.92 Å². The van der Waals surface area contributed by atoms with E-state index in [0.29, 0.717) is 37.6 Å². The fourth-order valence-corrected chi connectivity index (χ4v) is 4.65. The summed E-state index contributed by atoms with van der Waals surface area (Å²) in [4.78, 5) is 36.0. The highest BCUT2D eigenvalue weighted by atomic mass is 16.5. The molecule has 178 valence electrons. The third kappa shape index (κ3) is 5.07. The number of ether oxygens (including phenoxy) is 1. The van der Waals surface area contributed by atoms with E-state index < -0.39 is 0 Å². The van der Waals surface area contributed by atoms with Gasteiger partial charge < -0.3 is 18.9 Å². The Morgan fingerprint density at radius 2 is 1.74 bits per heavy atom. The zero-order chi connectivity index (χ0) is 23.5. The Balaban J connectivity index is 1.14. The molecular formula is C26H31N5O3. The topological polar surface area (TPSA) is 70.4 Å². The Bertz CT molecular complexity index is 1180. The summed E-state index contributed by atoms with van der Waals surface area (Å²) >= 11 is 0. The molecule has 8 nitrogen and oxygen atoms in total. The van der Waals surface area contributed by atoms with E-state index in [9.17, 15) is 9.59 Å². The Hall–Kier alpha value is -3.39. The summed E-state index contributed by atoms with van der Waals surface area (Å²) in [6.07, 6.45) is 6.21. The van der Waals surface area contributed by atoms with Gasteiger partial charge in [0.05, 0.1) is 12.2 Å². The number of aryl methyl sites for hydroxylation is 1. The lowest BCUT2D eigenvalue weighted by atomic mass is 10.1. The number of nitrogens with zero attached hydrogens (tertiary/aromatic N) is 5. The van der Waals surface area contributed by atoms with Crippen LogP contribution in [0.2, 0.25) is 0 Å². The molecule has 0 bridgehead atoms. The van der Waals surface area contributed by atoms with Crippen LogP contribution >= 0.6 is 0 Å². The number of hydrogen-bond acceptors (Lipinski definition) is 5. The summed E-state index contributed by atoms with van der Waals surface area (Å²) in [7, 11) is 0. The highest BCUT2D eigenvalue weighted by molar-refractivity contribution is 5.94. The van der Waals surface area contributed by atoms with Crippen LogP contribution in [-0.2, 0) is 11.4 Å². The van der Waals surface area contributed by atoms with Gasteiger partial charge in [-0.15, -0.1) is 0 Å². The second kappa shape index (κ2) is 9.85. The summed E-state index contributed by atoms with van der Waals surface area (Å²) in [5, 5.41) is 0. The van der Waals surface area contributed by atoms with Gasteiger partial charge >= 0.3 is 0 Å². The Labute approximate surface area is 199 Å². The van der Waals surface area contributed by atoms with Crippen molar-refractivity contribution in [3.8, 4) is 5.75 Å². The molecule has 34 heavy (non-hydrogen) atoms. The lowest BCUT2D eigenvalue weighted by Gasteiger charge is -2.35. The summed E-state index contributed by atoms with van der Waals surface area (Å²) in [6, 6.07) is 11.4. The number of piperazine rings is 1. The van der Waals surface area contributed by atoms with Gasteiger partial charge in [-0.2, -0.15) is 0 Å². The minimum absolute atomic E-state index is 0.000764. The van der Waals surface area contributed by atoms with Crippen molar-refractivity contribution in [3.05, 3.63) is 65.6 Å². The highest BCUT2D eigenvalue weighted by Crippen LogP contribution is 2.18. The first-order chi connectivity index (χ1) is 16.5. The van der Waals surface area contributed by atoms with E-state index in [1.165, 1.54) is 5.56 Å². The van der Waals surface area contributed by atoms with Gasteiger partial charge in [-0.05, 0) is 49.6 Å². The van der Waals surface area contributed by atoms with E-state index in [0.717, 1.165) is 50.4 Å². The lowest BCUT2D eigenvalue weighted by Crippen LogP contribution is -2.51. The van der Waals surface area contributed by atoms with Crippen LogP contribution < -0.4 is 4.74 Å². The third-order valence-corrected chi connectivity index (χ3v) is 6.59. The zero-order valence-corrected chi connectivity index (χ0v) is 19.7. The molecule has 1 aromatic carbocycles. The molecule has 0 saturated carbocycles. The molecule has 2 aromatic heterocycles. The quantitative estimate of drug-likeness (QED) is 0.564. The molecule has 2 amide bonds. The molecule has 3 aromatic rings. The van der Waals surface area contributed by atoms with Crippen LogP contribution in [-0.4, -0.2) is 81.7 Å². The summed E-state index contributed by atoms with van der Waals surface area (Å²) in [5.74, 6) is 0.857. The lowest BCUT2D eigenvalue weighted by molar-refractivity contribution is -0.131. The average molecular weight is 462 g/mol. The number of aromatic nitrogens is 2. The molecular weight excluding hydrogens is 430 g/mol. The molecule has 0 spiro atoms.